The van der Waals surface area contributed by atoms with E-state index in [9.17, 15) is 31.2 Å². The van der Waals surface area contributed by atoms with Crippen molar-refractivity contribution in [1.82, 2.24) is 14.7 Å². The number of ether oxygens (including phenoxy) is 1. The minimum Gasteiger partial charge on any atom is -0.468 e. The van der Waals surface area contributed by atoms with E-state index in [4.69, 9.17) is 6.42 Å². The second-order valence-electron chi connectivity index (χ2n) is 7.64. The van der Waals surface area contributed by atoms with Crippen LogP contribution in [0.1, 0.15) is 17.0 Å². The van der Waals surface area contributed by atoms with Crippen LogP contribution in [-0.2, 0) is 32.3 Å². The van der Waals surface area contributed by atoms with Crippen LogP contribution in [0.25, 0.3) is 10.9 Å². The number of esters is 1. The number of H-pyrrole nitrogens is 1. The fourth-order valence-electron chi connectivity index (χ4n) is 3.44. The van der Waals surface area contributed by atoms with Crippen molar-refractivity contribution in [3.8, 4) is 12.3 Å². The van der Waals surface area contributed by atoms with Crippen LogP contribution in [0.15, 0.2) is 46.1 Å². The molecule has 0 bridgehead atoms. The van der Waals surface area contributed by atoms with Crippen LogP contribution >= 0.6 is 0 Å². The van der Waals surface area contributed by atoms with Crippen LogP contribution in [0.5, 0.6) is 0 Å². The third kappa shape index (κ3) is 6.02. The Morgan fingerprint density at radius 3 is 2.61 bits per heavy atom. The summed E-state index contributed by atoms with van der Waals surface area (Å²) >= 11 is 0. The van der Waals surface area contributed by atoms with Crippen LogP contribution in [0.2, 0.25) is 0 Å². The molecule has 190 valence electrons. The Hall–Kier alpha value is -3.89. The van der Waals surface area contributed by atoms with Gasteiger partial charge in [0.05, 0.1) is 35.0 Å². The monoisotopic (exact) mass is 522 g/mol. The molecule has 9 nitrogen and oxygen atoms in total. The number of halogens is 3. The molecular weight excluding hydrogens is 501 g/mol. The first-order chi connectivity index (χ1) is 16.9. The number of carbonyl (C=O) groups excluding carboxylic acids is 1. The van der Waals surface area contributed by atoms with Gasteiger partial charge in [0.25, 0.3) is 5.56 Å². The Morgan fingerprint density at radius 1 is 1.25 bits per heavy atom. The van der Waals surface area contributed by atoms with Crippen LogP contribution in [0, 0.1) is 19.3 Å². The van der Waals surface area contributed by atoms with Gasteiger partial charge in [-0.1, -0.05) is 12.0 Å². The van der Waals surface area contributed by atoms with Gasteiger partial charge in [-0.15, -0.1) is 6.42 Å². The van der Waals surface area contributed by atoms with Crippen LogP contribution in [0.4, 0.5) is 18.9 Å². The first-order valence-corrected chi connectivity index (χ1v) is 11.8. The zero-order valence-corrected chi connectivity index (χ0v) is 20.0. The lowest BCUT2D eigenvalue weighted by Crippen LogP contribution is -2.32. The normalized spacial score (nSPS) is 11.8. The number of terminal acetylenes is 1. The van der Waals surface area contributed by atoms with E-state index >= 15 is 0 Å². The Bertz CT molecular complexity index is 1510. The molecule has 1 heterocycles. The number of fused-ring (bicyclic) bond motifs is 1. The molecule has 1 aromatic heterocycles. The Morgan fingerprint density at radius 2 is 1.97 bits per heavy atom. The standard InChI is InChI=1S/C23H21F3N4O5S/c1-4-9-30(13-15-5-7-19-17(10-15)22(32)29-14(2)28-19)16-6-8-20(18(11-16)23(24,25)26)36(33,34)27-12-21(31)35-3/h1,5-8,10-11,27H,9,12-13H2,2-3H3,(H,28,29,32). The molecule has 0 aliphatic heterocycles. The molecule has 0 saturated heterocycles. The highest BCUT2D eigenvalue weighted by molar-refractivity contribution is 7.89. The molecule has 2 N–H and O–H groups in total. The number of hydrogen-bond acceptors (Lipinski definition) is 7. The van der Waals surface area contributed by atoms with E-state index in [1.165, 1.54) is 11.0 Å². The van der Waals surface area contributed by atoms with Crippen molar-refractivity contribution in [2.45, 2.75) is 24.5 Å². The molecule has 0 aliphatic rings. The van der Waals surface area contributed by atoms with E-state index in [0.717, 1.165) is 13.2 Å². The van der Waals surface area contributed by atoms with Gasteiger partial charge in [0.2, 0.25) is 10.0 Å². The topological polar surface area (TPSA) is 121 Å². The Kier molecular flexibility index (Phi) is 7.71. The molecule has 0 aliphatic carbocycles. The number of benzene rings is 2. The summed E-state index contributed by atoms with van der Waals surface area (Å²) in [5.41, 5.74) is -0.774. The fraction of sp³-hybridized carbons (Fsp3) is 0.261. The summed E-state index contributed by atoms with van der Waals surface area (Å²) in [5.74, 6) is 1.83. The summed E-state index contributed by atoms with van der Waals surface area (Å²) in [6.07, 6.45) is 0.392. The second kappa shape index (κ2) is 10.4. The van der Waals surface area contributed by atoms with Crippen molar-refractivity contribution >= 4 is 32.6 Å². The molecule has 0 fully saturated rings. The predicted octanol–water partition coefficient (Wildman–Crippen LogP) is 2.34. The largest absolute Gasteiger partial charge is 0.468 e. The molecule has 0 amide bonds. The highest BCUT2D eigenvalue weighted by Gasteiger charge is 2.38. The average Bonchev–Trinajstić information content (AvgIpc) is 2.81. The minimum atomic E-state index is -5.03. The van der Waals surface area contributed by atoms with E-state index in [2.05, 4.69) is 20.6 Å². The van der Waals surface area contributed by atoms with Gasteiger partial charge in [-0.2, -0.15) is 17.9 Å². The van der Waals surface area contributed by atoms with Gasteiger partial charge >= 0.3 is 12.1 Å². The van der Waals surface area contributed by atoms with E-state index in [0.29, 0.717) is 28.4 Å². The van der Waals surface area contributed by atoms with Crippen LogP contribution in [-0.4, -0.2) is 44.6 Å². The highest BCUT2D eigenvalue weighted by Crippen LogP contribution is 2.37. The minimum absolute atomic E-state index is 0.00299. The Labute approximate surface area is 204 Å². The molecule has 3 rings (SSSR count). The number of alkyl halides is 3. The molecule has 13 heteroatoms. The summed E-state index contributed by atoms with van der Waals surface area (Å²) in [5, 5.41) is 0.299. The number of aromatic nitrogens is 2. The maximum atomic E-state index is 13.9. The third-order valence-corrected chi connectivity index (χ3v) is 6.56. The summed E-state index contributed by atoms with van der Waals surface area (Å²) < 4.78 is 72.7. The zero-order chi connectivity index (χ0) is 26.7. The van der Waals surface area contributed by atoms with Crippen molar-refractivity contribution in [2.24, 2.45) is 0 Å². The van der Waals surface area contributed by atoms with E-state index in [1.807, 2.05) is 0 Å². The summed E-state index contributed by atoms with van der Waals surface area (Å²) in [6.45, 7) is 0.717. The van der Waals surface area contributed by atoms with Crippen LogP contribution < -0.4 is 15.2 Å². The van der Waals surface area contributed by atoms with E-state index in [-0.39, 0.29) is 24.3 Å². The van der Waals surface area contributed by atoms with E-state index in [1.54, 1.807) is 29.8 Å². The van der Waals surface area contributed by atoms with Crippen LogP contribution in [0.3, 0.4) is 0 Å². The van der Waals surface area contributed by atoms with Crippen molar-refractivity contribution in [3.05, 3.63) is 63.7 Å². The molecule has 36 heavy (non-hydrogen) atoms. The number of carbonyl (C=O) groups is 1. The quantitative estimate of drug-likeness (QED) is 0.344. The van der Waals surface area contributed by atoms with Gasteiger partial charge in [0.15, 0.2) is 0 Å². The first-order valence-electron chi connectivity index (χ1n) is 10.3. The number of sulfonamides is 1. The molecule has 0 unspecified atom stereocenters. The zero-order valence-electron chi connectivity index (χ0n) is 19.1. The van der Waals surface area contributed by atoms with Gasteiger partial charge in [0, 0.05) is 12.2 Å². The summed E-state index contributed by atoms with van der Waals surface area (Å²) in [7, 11) is -3.69. The Balaban J connectivity index is 2.02. The lowest BCUT2D eigenvalue weighted by Gasteiger charge is -2.25. The van der Waals surface area contributed by atoms with Gasteiger partial charge in [-0.3, -0.25) is 9.59 Å². The van der Waals surface area contributed by atoms with Crippen molar-refractivity contribution in [2.75, 3.05) is 25.1 Å². The smallest absolute Gasteiger partial charge is 0.417 e. The molecule has 0 radical (unpaired) electrons. The molecule has 2 aromatic carbocycles. The second-order valence-corrected chi connectivity index (χ2v) is 9.38. The SMILES string of the molecule is C#CCN(Cc1ccc2nc(C)[nH]c(=O)c2c1)c1ccc(S(=O)(=O)NCC(=O)OC)c(C(F)(F)F)c1. The van der Waals surface area contributed by atoms with Crippen molar-refractivity contribution < 1.29 is 31.1 Å². The van der Waals surface area contributed by atoms with Gasteiger partial charge in [-0.25, -0.2) is 13.4 Å². The van der Waals surface area contributed by atoms with Crippen molar-refractivity contribution in [3.63, 3.8) is 0 Å². The maximum Gasteiger partial charge on any atom is 0.417 e. The first kappa shape index (κ1) is 26.7. The van der Waals surface area contributed by atoms with E-state index < -0.39 is 39.2 Å². The van der Waals surface area contributed by atoms with Gasteiger partial charge in [0.1, 0.15) is 12.4 Å². The molecular formula is C23H21F3N4O5S. The number of nitrogens with one attached hydrogen (secondary N) is 2. The number of nitrogens with zero attached hydrogens (tertiary/aromatic N) is 2. The number of hydrogen-bond donors (Lipinski definition) is 2. The molecule has 3 aromatic rings. The number of aryl methyl sites for hydroxylation is 1. The number of rotatable bonds is 8. The number of methoxy groups -OCH3 is 1. The molecule has 0 spiro atoms. The van der Waals surface area contributed by atoms with Crippen molar-refractivity contribution in [1.29, 1.82) is 0 Å². The fourth-order valence-corrected chi connectivity index (χ4v) is 4.62. The predicted molar refractivity (Wildman–Crippen MR) is 126 cm³/mol. The third-order valence-electron chi connectivity index (χ3n) is 5.10. The van der Waals surface area contributed by atoms with Gasteiger partial charge < -0.3 is 14.6 Å². The van der Waals surface area contributed by atoms with Gasteiger partial charge in [-0.05, 0) is 42.8 Å². The number of anilines is 1. The highest BCUT2D eigenvalue weighted by atomic mass is 32.2. The maximum absolute atomic E-state index is 13.9. The molecule has 0 saturated carbocycles. The lowest BCUT2D eigenvalue weighted by atomic mass is 10.1. The summed E-state index contributed by atoms with van der Waals surface area (Å²) in [4.78, 5) is 30.7. The average molecular weight is 523 g/mol. The molecule has 0 atom stereocenters. The number of aromatic amines is 1. The lowest BCUT2D eigenvalue weighted by molar-refractivity contribution is -0.140. The summed E-state index contributed by atoms with van der Waals surface area (Å²) in [6, 6.07) is 7.48.